The van der Waals surface area contributed by atoms with Gasteiger partial charge in [-0.3, -0.25) is 9.59 Å². The number of benzene rings is 1. The predicted octanol–water partition coefficient (Wildman–Crippen LogP) is 1.73. The SMILES string of the molecule is CC(=O)NCc1ccc(S(=O)(=O)N2C(C(=O)O)CC3CCCCC32)cc1. The van der Waals surface area contributed by atoms with Gasteiger partial charge in [0.15, 0.2) is 0 Å². The molecule has 0 radical (unpaired) electrons. The number of sulfonamides is 1. The van der Waals surface area contributed by atoms with Gasteiger partial charge in [0.05, 0.1) is 4.90 Å². The highest BCUT2D eigenvalue weighted by Crippen LogP contribution is 2.42. The summed E-state index contributed by atoms with van der Waals surface area (Å²) < 4.78 is 27.6. The zero-order chi connectivity index (χ0) is 18.9. The van der Waals surface area contributed by atoms with Crippen LogP contribution in [0.4, 0.5) is 0 Å². The fraction of sp³-hybridized carbons (Fsp3) is 0.556. The van der Waals surface area contributed by atoms with Crippen LogP contribution < -0.4 is 5.32 Å². The number of carboxylic acid groups (broad SMARTS) is 1. The summed E-state index contributed by atoms with van der Waals surface area (Å²) in [5, 5.41) is 12.2. The lowest BCUT2D eigenvalue weighted by Crippen LogP contribution is -2.46. The normalized spacial score (nSPS) is 26.3. The maximum atomic E-state index is 13.2. The third-order valence-electron chi connectivity index (χ3n) is 5.35. The van der Waals surface area contributed by atoms with Crippen molar-refractivity contribution in [3.63, 3.8) is 0 Å². The van der Waals surface area contributed by atoms with E-state index < -0.39 is 22.0 Å². The van der Waals surface area contributed by atoms with Gasteiger partial charge in [0.2, 0.25) is 15.9 Å². The molecule has 26 heavy (non-hydrogen) atoms. The molecule has 1 heterocycles. The summed E-state index contributed by atoms with van der Waals surface area (Å²) >= 11 is 0. The number of carbonyl (C=O) groups is 2. The van der Waals surface area contributed by atoms with Gasteiger partial charge < -0.3 is 10.4 Å². The maximum absolute atomic E-state index is 13.2. The van der Waals surface area contributed by atoms with E-state index in [1.165, 1.54) is 23.4 Å². The van der Waals surface area contributed by atoms with E-state index in [9.17, 15) is 23.1 Å². The first-order chi connectivity index (χ1) is 12.3. The van der Waals surface area contributed by atoms with Gasteiger partial charge in [0.1, 0.15) is 6.04 Å². The first kappa shape index (κ1) is 18.8. The number of nitrogens with zero attached hydrogens (tertiary/aromatic N) is 1. The molecular formula is C18H24N2O5S. The molecule has 1 amide bonds. The lowest BCUT2D eigenvalue weighted by atomic mass is 9.85. The van der Waals surface area contributed by atoms with E-state index in [-0.39, 0.29) is 22.8 Å². The monoisotopic (exact) mass is 380 g/mol. The maximum Gasteiger partial charge on any atom is 0.322 e. The van der Waals surface area contributed by atoms with Crippen LogP contribution in [0.2, 0.25) is 0 Å². The van der Waals surface area contributed by atoms with Crippen LogP contribution in [0.3, 0.4) is 0 Å². The van der Waals surface area contributed by atoms with Gasteiger partial charge >= 0.3 is 5.97 Å². The minimum atomic E-state index is -3.89. The van der Waals surface area contributed by atoms with Crippen LogP contribution in [0.15, 0.2) is 29.2 Å². The molecule has 3 atom stereocenters. The zero-order valence-electron chi connectivity index (χ0n) is 14.7. The molecular weight excluding hydrogens is 356 g/mol. The van der Waals surface area contributed by atoms with Crippen LogP contribution in [0.5, 0.6) is 0 Å². The average Bonchev–Trinajstić information content (AvgIpc) is 3.01. The van der Waals surface area contributed by atoms with E-state index in [0.29, 0.717) is 19.4 Å². The molecule has 1 saturated heterocycles. The highest BCUT2D eigenvalue weighted by molar-refractivity contribution is 7.89. The molecule has 7 nitrogen and oxygen atoms in total. The Morgan fingerprint density at radius 3 is 2.46 bits per heavy atom. The summed E-state index contributed by atoms with van der Waals surface area (Å²) in [4.78, 5) is 22.8. The van der Waals surface area contributed by atoms with Crippen LogP contribution in [0, 0.1) is 5.92 Å². The number of amides is 1. The van der Waals surface area contributed by atoms with Crippen molar-refractivity contribution in [2.75, 3.05) is 0 Å². The highest BCUT2D eigenvalue weighted by atomic mass is 32.2. The fourth-order valence-corrected chi connectivity index (χ4v) is 5.97. The Hall–Kier alpha value is -1.93. The van der Waals surface area contributed by atoms with Gasteiger partial charge in [-0.1, -0.05) is 25.0 Å². The molecule has 3 unspecified atom stereocenters. The van der Waals surface area contributed by atoms with Crippen molar-refractivity contribution in [2.45, 2.75) is 62.6 Å². The number of hydrogen-bond donors (Lipinski definition) is 2. The summed E-state index contributed by atoms with van der Waals surface area (Å²) in [6.45, 7) is 1.74. The van der Waals surface area contributed by atoms with E-state index in [2.05, 4.69) is 5.32 Å². The number of rotatable bonds is 5. The fourth-order valence-electron chi connectivity index (χ4n) is 4.10. The second kappa shape index (κ2) is 7.36. The zero-order valence-corrected chi connectivity index (χ0v) is 15.5. The molecule has 1 aromatic rings. The molecule has 2 N–H and O–H groups in total. The number of carboxylic acids is 1. The molecule has 1 aromatic carbocycles. The third kappa shape index (κ3) is 3.61. The molecule has 0 bridgehead atoms. The topological polar surface area (TPSA) is 104 Å². The van der Waals surface area contributed by atoms with Gasteiger partial charge in [-0.15, -0.1) is 0 Å². The van der Waals surface area contributed by atoms with E-state index in [1.54, 1.807) is 12.1 Å². The molecule has 1 aliphatic heterocycles. The lowest BCUT2D eigenvalue weighted by Gasteiger charge is -2.32. The van der Waals surface area contributed by atoms with Crippen molar-refractivity contribution in [3.8, 4) is 0 Å². The standard InChI is InChI=1S/C18H24N2O5S/c1-12(21)19-11-13-6-8-15(9-7-13)26(24,25)20-16-5-3-2-4-14(16)10-17(20)18(22)23/h6-9,14,16-17H,2-5,10-11H2,1H3,(H,19,21)(H,22,23). The Kier molecular flexibility index (Phi) is 5.34. The Labute approximate surface area is 153 Å². The van der Waals surface area contributed by atoms with E-state index in [0.717, 1.165) is 24.8 Å². The van der Waals surface area contributed by atoms with Gasteiger partial charge in [-0.25, -0.2) is 8.42 Å². The number of fused-ring (bicyclic) bond motifs is 1. The van der Waals surface area contributed by atoms with Crippen LogP contribution in [-0.4, -0.2) is 41.8 Å². The summed E-state index contributed by atoms with van der Waals surface area (Å²) in [6, 6.07) is 5.05. The second-order valence-electron chi connectivity index (χ2n) is 7.09. The summed E-state index contributed by atoms with van der Waals surface area (Å²) in [5.74, 6) is -1.12. The molecule has 1 aliphatic carbocycles. The molecule has 142 valence electrons. The van der Waals surface area contributed by atoms with Crippen molar-refractivity contribution < 1.29 is 23.1 Å². The Balaban J connectivity index is 1.87. The molecule has 2 aliphatic rings. The smallest absolute Gasteiger partial charge is 0.322 e. The van der Waals surface area contributed by atoms with Crippen molar-refractivity contribution in [1.29, 1.82) is 0 Å². The average molecular weight is 380 g/mol. The molecule has 2 fully saturated rings. The summed E-state index contributed by atoms with van der Waals surface area (Å²) in [5.41, 5.74) is 0.783. The minimum Gasteiger partial charge on any atom is -0.480 e. The molecule has 8 heteroatoms. The number of hydrogen-bond acceptors (Lipinski definition) is 4. The van der Waals surface area contributed by atoms with Crippen molar-refractivity contribution in [1.82, 2.24) is 9.62 Å². The van der Waals surface area contributed by atoms with Crippen molar-refractivity contribution >= 4 is 21.9 Å². The van der Waals surface area contributed by atoms with E-state index >= 15 is 0 Å². The molecule has 0 aromatic heterocycles. The van der Waals surface area contributed by atoms with Gasteiger partial charge in [-0.2, -0.15) is 4.31 Å². The summed E-state index contributed by atoms with van der Waals surface area (Å²) in [7, 11) is -3.89. The predicted molar refractivity (Wildman–Crippen MR) is 94.8 cm³/mol. The Morgan fingerprint density at radius 1 is 1.19 bits per heavy atom. The molecule has 3 rings (SSSR count). The quantitative estimate of drug-likeness (QED) is 0.810. The van der Waals surface area contributed by atoms with Crippen LogP contribution >= 0.6 is 0 Å². The van der Waals surface area contributed by atoms with Crippen LogP contribution in [-0.2, 0) is 26.2 Å². The highest BCUT2D eigenvalue weighted by Gasteiger charge is 2.51. The Morgan fingerprint density at radius 2 is 1.85 bits per heavy atom. The Bertz CT molecular complexity index is 790. The van der Waals surface area contributed by atoms with Gasteiger partial charge in [0, 0.05) is 19.5 Å². The number of carbonyl (C=O) groups excluding carboxylic acids is 1. The first-order valence-corrected chi connectivity index (χ1v) is 10.3. The third-order valence-corrected chi connectivity index (χ3v) is 7.30. The first-order valence-electron chi connectivity index (χ1n) is 8.90. The lowest BCUT2D eigenvalue weighted by molar-refractivity contribution is -0.141. The molecule has 1 saturated carbocycles. The van der Waals surface area contributed by atoms with Crippen LogP contribution in [0.1, 0.15) is 44.6 Å². The largest absolute Gasteiger partial charge is 0.480 e. The summed E-state index contributed by atoms with van der Waals surface area (Å²) in [6.07, 6.45) is 3.94. The minimum absolute atomic E-state index is 0.0987. The number of nitrogens with one attached hydrogen (secondary N) is 1. The van der Waals surface area contributed by atoms with E-state index in [1.807, 2.05) is 0 Å². The van der Waals surface area contributed by atoms with Gasteiger partial charge in [0.25, 0.3) is 0 Å². The van der Waals surface area contributed by atoms with E-state index in [4.69, 9.17) is 0 Å². The van der Waals surface area contributed by atoms with Crippen LogP contribution in [0.25, 0.3) is 0 Å². The van der Waals surface area contributed by atoms with Crippen molar-refractivity contribution in [2.24, 2.45) is 5.92 Å². The van der Waals surface area contributed by atoms with Crippen molar-refractivity contribution in [3.05, 3.63) is 29.8 Å². The molecule has 0 spiro atoms. The van der Waals surface area contributed by atoms with Gasteiger partial charge in [-0.05, 0) is 42.9 Å². The number of aliphatic carboxylic acids is 1. The second-order valence-corrected chi connectivity index (χ2v) is 8.93.